The number of nitrogens with two attached hydrogens (primary N) is 1. The molecule has 1 aromatic rings. The molecule has 3 unspecified atom stereocenters. The first-order chi connectivity index (χ1) is 7.72. The Morgan fingerprint density at radius 3 is 3.00 bits per heavy atom. The molecule has 2 N–H and O–H groups in total. The molecule has 1 nitrogen and oxygen atoms in total. The van der Waals surface area contributed by atoms with Gasteiger partial charge in [-0.05, 0) is 52.1 Å². The van der Waals surface area contributed by atoms with Crippen molar-refractivity contribution < 1.29 is 0 Å². The number of rotatable bonds is 3. The number of halogens is 1. The molecule has 0 saturated heterocycles. The highest BCUT2D eigenvalue weighted by atomic mass is 79.9. The van der Waals surface area contributed by atoms with Gasteiger partial charge in [-0.15, -0.1) is 11.3 Å². The van der Waals surface area contributed by atoms with Crippen molar-refractivity contribution >= 4 is 27.3 Å². The lowest BCUT2D eigenvalue weighted by molar-refractivity contribution is 0.231. The van der Waals surface area contributed by atoms with Crippen molar-refractivity contribution in [2.24, 2.45) is 17.6 Å². The Morgan fingerprint density at radius 1 is 1.56 bits per heavy atom. The highest BCUT2D eigenvalue weighted by Crippen LogP contribution is 2.40. The van der Waals surface area contributed by atoms with Crippen LogP contribution in [0.4, 0.5) is 0 Å². The summed E-state index contributed by atoms with van der Waals surface area (Å²) in [6, 6.07) is 2.35. The third-order valence-electron chi connectivity index (χ3n) is 3.86. The van der Waals surface area contributed by atoms with Crippen LogP contribution in [0.5, 0.6) is 0 Å². The van der Waals surface area contributed by atoms with E-state index >= 15 is 0 Å². The first-order valence-electron chi connectivity index (χ1n) is 6.20. The first kappa shape index (κ1) is 12.6. The third kappa shape index (κ3) is 2.69. The van der Waals surface area contributed by atoms with Crippen LogP contribution < -0.4 is 5.73 Å². The van der Waals surface area contributed by atoms with Gasteiger partial charge < -0.3 is 5.73 Å². The predicted molar refractivity (Wildman–Crippen MR) is 74.7 cm³/mol. The molecular formula is C13H20BrNS. The van der Waals surface area contributed by atoms with Gasteiger partial charge in [-0.1, -0.05) is 26.2 Å². The third-order valence-corrected chi connectivity index (χ3v) is 5.83. The molecule has 0 radical (unpaired) electrons. The largest absolute Gasteiger partial charge is 0.323 e. The van der Waals surface area contributed by atoms with Crippen molar-refractivity contribution in [3.05, 3.63) is 20.8 Å². The monoisotopic (exact) mass is 301 g/mol. The van der Waals surface area contributed by atoms with Gasteiger partial charge >= 0.3 is 0 Å². The van der Waals surface area contributed by atoms with Gasteiger partial charge in [-0.2, -0.15) is 0 Å². The summed E-state index contributed by atoms with van der Waals surface area (Å²) in [5, 5.41) is 2.12. The van der Waals surface area contributed by atoms with E-state index in [-0.39, 0.29) is 6.04 Å². The molecule has 1 aliphatic rings. The molecule has 0 spiro atoms. The van der Waals surface area contributed by atoms with E-state index < -0.39 is 0 Å². The van der Waals surface area contributed by atoms with Crippen molar-refractivity contribution in [1.82, 2.24) is 0 Å². The molecule has 0 aromatic carbocycles. The van der Waals surface area contributed by atoms with Gasteiger partial charge in [-0.25, -0.2) is 0 Å². The second-order valence-corrected chi connectivity index (χ2v) is 6.66. The molecule has 16 heavy (non-hydrogen) atoms. The lowest BCUT2D eigenvalue weighted by atomic mass is 9.77. The average Bonchev–Trinajstić information content (AvgIpc) is 2.74. The topological polar surface area (TPSA) is 26.0 Å². The second kappa shape index (κ2) is 5.65. The molecule has 1 saturated carbocycles. The van der Waals surface area contributed by atoms with Gasteiger partial charge in [0.05, 0.1) is 0 Å². The lowest BCUT2D eigenvalue weighted by Crippen LogP contribution is -2.26. The van der Waals surface area contributed by atoms with E-state index in [1.165, 1.54) is 41.5 Å². The van der Waals surface area contributed by atoms with E-state index in [0.29, 0.717) is 5.92 Å². The molecule has 1 aromatic heterocycles. The van der Waals surface area contributed by atoms with Crippen molar-refractivity contribution in [3.8, 4) is 0 Å². The van der Waals surface area contributed by atoms with Crippen molar-refractivity contribution in [2.45, 2.75) is 45.1 Å². The van der Waals surface area contributed by atoms with E-state index in [0.717, 1.165) is 5.92 Å². The van der Waals surface area contributed by atoms with Crippen molar-refractivity contribution in [2.75, 3.05) is 0 Å². The molecule has 3 atom stereocenters. The molecule has 3 heteroatoms. The Hall–Kier alpha value is 0.140. The minimum absolute atomic E-state index is 0.240. The molecule has 1 aliphatic carbocycles. The fourth-order valence-electron chi connectivity index (χ4n) is 2.79. The van der Waals surface area contributed by atoms with Crippen LogP contribution in [0, 0.1) is 11.8 Å². The summed E-state index contributed by atoms with van der Waals surface area (Å²) in [7, 11) is 0. The summed E-state index contributed by atoms with van der Waals surface area (Å²) in [4.78, 5) is 1.33. The Bertz CT molecular complexity index is 336. The van der Waals surface area contributed by atoms with E-state index in [9.17, 15) is 0 Å². The molecule has 0 aliphatic heterocycles. The minimum Gasteiger partial charge on any atom is -0.323 e. The highest BCUT2D eigenvalue weighted by Gasteiger charge is 2.27. The SMILES string of the molecule is CCC1CCCC(C(N)c2sccc2Br)C1. The van der Waals surface area contributed by atoms with Crippen LogP contribution in [0.15, 0.2) is 15.9 Å². The highest BCUT2D eigenvalue weighted by molar-refractivity contribution is 9.10. The second-order valence-electron chi connectivity index (χ2n) is 4.86. The standard InChI is InChI=1S/C13H20BrNS/c1-2-9-4-3-5-10(8-9)12(15)13-11(14)6-7-16-13/h6-7,9-10,12H,2-5,8,15H2,1H3. The zero-order chi connectivity index (χ0) is 11.5. The summed E-state index contributed by atoms with van der Waals surface area (Å²) in [5.74, 6) is 1.59. The van der Waals surface area contributed by atoms with Gasteiger partial charge in [0.15, 0.2) is 0 Å². The Balaban J connectivity index is 2.04. The maximum atomic E-state index is 6.41. The number of thiophene rings is 1. The maximum Gasteiger partial charge on any atom is 0.0429 e. The van der Waals surface area contributed by atoms with Crippen molar-refractivity contribution in [1.29, 1.82) is 0 Å². The Kier molecular flexibility index (Phi) is 4.45. The summed E-state index contributed by atoms with van der Waals surface area (Å²) in [5.41, 5.74) is 6.41. The van der Waals surface area contributed by atoms with Crippen LogP contribution in [0.25, 0.3) is 0 Å². The normalized spacial score (nSPS) is 27.9. The van der Waals surface area contributed by atoms with Crippen LogP contribution in [-0.2, 0) is 0 Å². The molecule has 0 bridgehead atoms. The minimum atomic E-state index is 0.240. The zero-order valence-corrected chi connectivity index (χ0v) is 12.2. The first-order valence-corrected chi connectivity index (χ1v) is 7.88. The van der Waals surface area contributed by atoms with Gasteiger partial charge in [-0.3, -0.25) is 0 Å². The van der Waals surface area contributed by atoms with Crippen LogP contribution in [0.2, 0.25) is 0 Å². The average molecular weight is 302 g/mol. The summed E-state index contributed by atoms with van der Waals surface area (Å²) < 4.78 is 1.20. The van der Waals surface area contributed by atoms with E-state index in [4.69, 9.17) is 5.73 Å². The summed E-state index contributed by atoms with van der Waals surface area (Å²) >= 11 is 5.38. The molecular weight excluding hydrogens is 282 g/mol. The molecule has 2 rings (SSSR count). The number of hydrogen-bond acceptors (Lipinski definition) is 2. The lowest BCUT2D eigenvalue weighted by Gasteiger charge is -2.32. The summed E-state index contributed by atoms with van der Waals surface area (Å²) in [6.07, 6.45) is 6.71. The van der Waals surface area contributed by atoms with Crippen LogP contribution in [0.1, 0.15) is 49.9 Å². The Labute approximate surface area is 111 Å². The van der Waals surface area contributed by atoms with E-state index in [2.05, 4.69) is 34.3 Å². The van der Waals surface area contributed by atoms with Gasteiger partial charge in [0.2, 0.25) is 0 Å². The van der Waals surface area contributed by atoms with Gasteiger partial charge in [0.25, 0.3) is 0 Å². The summed E-state index contributed by atoms with van der Waals surface area (Å²) in [6.45, 7) is 2.31. The zero-order valence-electron chi connectivity index (χ0n) is 9.79. The van der Waals surface area contributed by atoms with Crippen LogP contribution >= 0.6 is 27.3 Å². The maximum absolute atomic E-state index is 6.41. The molecule has 0 amide bonds. The van der Waals surface area contributed by atoms with Crippen molar-refractivity contribution in [3.63, 3.8) is 0 Å². The number of hydrogen-bond donors (Lipinski definition) is 1. The van der Waals surface area contributed by atoms with Crippen LogP contribution in [0.3, 0.4) is 0 Å². The van der Waals surface area contributed by atoms with Gasteiger partial charge in [0.1, 0.15) is 0 Å². The quantitative estimate of drug-likeness (QED) is 0.858. The Morgan fingerprint density at radius 2 is 2.38 bits per heavy atom. The smallest absolute Gasteiger partial charge is 0.0429 e. The van der Waals surface area contributed by atoms with Crippen LogP contribution in [-0.4, -0.2) is 0 Å². The fraction of sp³-hybridized carbons (Fsp3) is 0.692. The van der Waals surface area contributed by atoms with E-state index in [1.54, 1.807) is 11.3 Å². The predicted octanol–water partition coefficient (Wildman–Crippen LogP) is 4.73. The molecule has 1 fully saturated rings. The fourth-order valence-corrected chi connectivity index (χ4v) is 4.52. The van der Waals surface area contributed by atoms with E-state index in [1.807, 2.05) is 0 Å². The molecule has 90 valence electrons. The van der Waals surface area contributed by atoms with Gasteiger partial charge in [0, 0.05) is 15.4 Å². The molecule has 1 heterocycles.